The first kappa shape index (κ1) is 15.9. The summed E-state index contributed by atoms with van der Waals surface area (Å²) < 4.78 is 48.2. The minimum atomic E-state index is -4.50. The lowest BCUT2D eigenvalue weighted by Crippen LogP contribution is -2.28. The van der Waals surface area contributed by atoms with Crippen LogP contribution >= 0.6 is 0 Å². The lowest BCUT2D eigenvalue weighted by atomic mass is 10.2. The molecule has 0 aliphatic carbocycles. The van der Waals surface area contributed by atoms with Gasteiger partial charge in [0, 0.05) is 12.7 Å². The van der Waals surface area contributed by atoms with Gasteiger partial charge in [0.15, 0.2) is 11.5 Å². The second kappa shape index (κ2) is 6.26. The van der Waals surface area contributed by atoms with E-state index in [2.05, 4.69) is 15.6 Å². The van der Waals surface area contributed by atoms with E-state index in [4.69, 9.17) is 9.47 Å². The molecule has 2 aromatic rings. The molecule has 126 valence electrons. The summed E-state index contributed by atoms with van der Waals surface area (Å²) in [6, 6.07) is 6.10. The fraction of sp³-hybridized carbons (Fsp3) is 0.200. The van der Waals surface area contributed by atoms with Gasteiger partial charge >= 0.3 is 12.2 Å². The van der Waals surface area contributed by atoms with E-state index in [0.717, 1.165) is 23.9 Å². The Balaban J connectivity index is 1.58. The van der Waals surface area contributed by atoms with Gasteiger partial charge in [-0.25, -0.2) is 9.78 Å². The van der Waals surface area contributed by atoms with Crippen LogP contribution in [-0.2, 0) is 12.7 Å². The van der Waals surface area contributed by atoms with Crippen LogP contribution in [0.5, 0.6) is 11.5 Å². The number of fused-ring (bicyclic) bond motifs is 1. The van der Waals surface area contributed by atoms with Crippen molar-refractivity contribution in [2.45, 2.75) is 12.7 Å². The molecule has 0 bridgehead atoms. The molecule has 0 unspecified atom stereocenters. The van der Waals surface area contributed by atoms with E-state index in [9.17, 15) is 18.0 Å². The molecular formula is C15H12F3N3O3. The third-order valence-electron chi connectivity index (χ3n) is 3.22. The van der Waals surface area contributed by atoms with Gasteiger partial charge in [0.1, 0.15) is 5.82 Å². The van der Waals surface area contributed by atoms with E-state index in [1.165, 1.54) is 0 Å². The Bertz CT molecular complexity index is 765. The summed E-state index contributed by atoms with van der Waals surface area (Å²) in [5.74, 6) is 1.01. The van der Waals surface area contributed by atoms with Crippen LogP contribution < -0.4 is 20.1 Å². The number of aromatic nitrogens is 1. The zero-order chi connectivity index (χ0) is 17.2. The van der Waals surface area contributed by atoms with Crippen molar-refractivity contribution >= 4 is 11.8 Å². The average Bonchev–Trinajstić information content (AvgIpc) is 3.00. The average molecular weight is 339 g/mol. The maximum absolute atomic E-state index is 12.6. The molecule has 1 aromatic heterocycles. The SMILES string of the molecule is O=C(NCc1ccc2c(c1)OCO2)Nc1cc(C(F)(F)F)ccn1. The number of ether oxygens (including phenoxy) is 2. The van der Waals surface area contributed by atoms with Gasteiger partial charge in [-0.15, -0.1) is 0 Å². The predicted octanol–water partition coefficient (Wildman–Crippen LogP) is 3.15. The molecule has 1 aromatic carbocycles. The highest BCUT2D eigenvalue weighted by molar-refractivity contribution is 5.88. The number of benzene rings is 1. The van der Waals surface area contributed by atoms with Crippen LogP contribution in [0.25, 0.3) is 0 Å². The Hall–Kier alpha value is -2.97. The standard InChI is InChI=1S/C15H12F3N3O3/c16-15(17,18)10-3-4-19-13(6-10)21-14(22)20-7-9-1-2-11-12(5-9)24-8-23-11/h1-6H,7-8H2,(H2,19,20,21,22). The normalized spacial score (nSPS) is 12.8. The number of pyridine rings is 1. The minimum Gasteiger partial charge on any atom is -0.454 e. The summed E-state index contributed by atoms with van der Waals surface area (Å²) in [4.78, 5) is 15.5. The smallest absolute Gasteiger partial charge is 0.416 e. The van der Waals surface area contributed by atoms with Crippen molar-refractivity contribution in [3.63, 3.8) is 0 Å². The number of urea groups is 1. The summed E-state index contributed by atoms with van der Waals surface area (Å²) in [5.41, 5.74) is -0.130. The number of hydrogen-bond donors (Lipinski definition) is 2. The number of carbonyl (C=O) groups is 1. The summed E-state index contributed by atoms with van der Waals surface area (Å²) in [5, 5.41) is 4.79. The molecule has 1 aliphatic rings. The van der Waals surface area contributed by atoms with E-state index in [1.807, 2.05) is 0 Å². The van der Waals surface area contributed by atoms with Crippen LogP contribution in [0, 0.1) is 0 Å². The van der Waals surface area contributed by atoms with Gasteiger partial charge in [0.2, 0.25) is 6.79 Å². The third kappa shape index (κ3) is 3.67. The number of carbonyl (C=O) groups excluding carboxylic acids is 1. The van der Waals surface area contributed by atoms with E-state index in [0.29, 0.717) is 11.5 Å². The van der Waals surface area contributed by atoms with Crippen LogP contribution in [0.15, 0.2) is 36.5 Å². The van der Waals surface area contributed by atoms with Crippen LogP contribution in [0.4, 0.5) is 23.8 Å². The van der Waals surface area contributed by atoms with Gasteiger partial charge in [-0.2, -0.15) is 13.2 Å². The number of rotatable bonds is 3. The largest absolute Gasteiger partial charge is 0.454 e. The molecule has 6 nitrogen and oxygen atoms in total. The molecule has 3 rings (SSSR count). The molecule has 0 saturated carbocycles. The predicted molar refractivity (Wildman–Crippen MR) is 77.7 cm³/mol. The Morgan fingerprint density at radius 2 is 1.96 bits per heavy atom. The quantitative estimate of drug-likeness (QED) is 0.901. The van der Waals surface area contributed by atoms with Gasteiger partial charge in [-0.1, -0.05) is 6.07 Å². The van der Waals surface area contributed by atoms with Gasteiger partial charge in [0.25, 0.3) is 0 Å². The van der Waals surface area contributed by atoms with Gasteiger partial charge < -0.3 is 14.8 Å². The molecule has 2 heterocycles. The van der Waals surface area contributed by atoms with Crippen molar-refractivity contribution in [3.05, 3.63) is 47.7 Å². The first-order valence-corrected chi connectivity index (χ1v) is 6.88. The number of anilines is 1. The molecular weight excluding hydrogens is 327 g/mol. The maximum Gasteiger partial charge on any atom is 0.416 e. The summed E-state index contributed by atoms with van der Waals surface area (Å²) in [6.45, 7) is 0.315. The van der Waals surface area contributed by atoms with Crippen molar-refractivity contribution < 1.29 is 27.4 Å². The molecule has 1 aliphatic heterocycles. The zero-order valence-electron chi connectivity index (χ0n) is 12.2. The molecule has 0 saturated heterocycles. The lowest BCUT2D eigenvalue weighted by molar-refractivity contribution is -0.137. The van der Waals surface area contributed by atoms with Gasteiger partial charge in [0.05, 0.1) is 5.56 Å². The zero-order valence-corrected chi connectivity index (χ0v) is 12.2. The van der Waals surface area contributed by atoms with Crippen LogP contribution in [0.2, 0.25) is 0 Å². The molecule has 2 N–H and O–H groups in total. The number of nitrogens with zero attached hydrogens (tertiary/aromatic N) is 1. The van der Waals surface area contributed by atoms with Crippen molar-refractivity contribution in [3.8, 4) is 11.5 Å². The number of amides is 2. The molecule has 0 fully saturated rings. The van der Waals surface area contributed by atoms with Crippen molar-refractivity contribution in [2.75, 3.05) is 12.1 Å². The first-order chi connectivity index (χ1) is 11.4. The minimum absolute atomic E-state index is 0.147. The third-order valence-corrected chi connectivity index (χ3v) is 3.22. The number of nitrogens with one attached hydrogen (secondary N) is 2. The highest BCUT2D eigenvalue weighted by atomic mass is 19.4. The Kier molecular flexibility index (Phi) is 4.15. The Labute approximate surface area is 134 Å². The van der Waals surface area contributed by atoms with Gasteiger partial charge in [-0.3, -0.25) is 5.32 Å². The van der Waals surface area contributed by atoms with Gasteiger partial charge in [-0.05, 0) is 29.8 Å². The summed E-state index contributed by atoms with van der Waals surface area (Å²) in [6.07, 6.45) is -3.52. The van der Waals surface area contributed by atoms with E-state index in [-0.39, 0.29) is 19.2 Å². The number of alkyl halides is 3. The topological polar surface area (TPSA) is 72.5 Å². The summed E-state index contributed by atoms with van der Waals surface area (Å²) >= 11 is 0. The van der Waals surface area contributed by atoms with E-state index in [1.54, 1.807) is 18.2 Å². The highest BCUT2D eigenvalue weighted by Crippen LogP contribution is 2.32. The summed E-state index contributed by atoms with van der Waals surface area (Å²) in [7, 11) is 0. The molecule has 9 heteroatoms. The Morgan fingerprint density at radius 3 is 2.75 bits per heavy atom. The first-order valence-electron chi connectivity index (χ1n) is 6.88. The molecule has 24 heavy (non-hydrogen) atoms. The fourth-order valence-electron chi connectivity index (χ4n) is 2.07. The number of halogens is 3. The second-order valence-corrected chi connectivity index (χ2v) is 4.92. The lowest BCUT2D eigenvalue weighted by Gasteiger charge is -2.10. The van der Waals surface area contributed by atoms with E-state index < -0.39 is 17.8 Å². The monoisotopic (exact) mass is 339 g/mol. The van der Waals surface area contributed by atoms with Crippen molar-refractivity contribution in [2.24, 2.45) is 0 Å². The fourth-order valence-corrected chi connectivity index (χ4v) is 2.07. The Morgan fingerprint density at radius 1 is 1.17 bits per heavy atom. The van der Waals surface area contributed by atoms with Crippen LogP contribution in [-0.4, -0.2) is 17.8 Å². The maximum atomic E-state index is 12.6. The van der Waals surface area contributed by atoms with Crippen molar-refractivity contribution in [1.82, 2.24) is 10.3 Å². The highest BCUT2D eigenvalue weighted by Gasteiger charge is 2.30. The van der Waals surface area contributed by atoms with Crippen molar-refractivity contribution in [1.29, 1.82) is 0 Å². The molecule has 0 spiro atoms. The molecule has 0 radical (unpaired) electrons. The van der Waals surface area contributed by atoms with E-state index >= 15 is 0 Å². The number of hydrogen-bond acceptors (Lipinski definition) is 4. The molecule has 0 atom stereocenters. The second-order valence-electron chi connectivity index (χ2n) is 4.92. The van der Waals surface area contributed by atoms with Crippen LogP contribution in [0.1, 0.15) is 11.1 Å². The molecule has 2 amide bonds. The van der Waals surface area contributed by atoms with Crippen LogP contribution in [0.3, 0.4) is 0 Å².